The van der Waals surface area contributed by atoms with Crippen molar-refractivity contribution >= 4 is 0 Å². The summed E-state index contributed by atoms with van der Waals surface area (Å²) < 4.78 is 83.3. The predicted octanol–water partition coefficient (Wildman–Crippen LogP) is 7.15. The van der Waals surface area contributed by atoms with Crippen molar-refractivity contribution in [2.75, 3.05) is 0 Å². The number of halogens is 6. The number of hydrogen-bond donors (Lipinski definition) is 4. The highest BCUT2D eigenvalue weighted by Gasteiger charge is 2.72. The van der Waals surface area contributed by atoms with Crippen LogP contribution in [0.15, 0.2) is 23.3 Å². The SMILES string of the molecule is CC(C)(O)CCC[C@@](C)(CC(O)(C(F)(F)F)C(F)(F)F)C1CCC2/C(=C/C=C3CC(O)C[C@H](O)C3)CCC[C@@]21C. The number of fused-ring (bicyclic) bond motifs is 1. The molecule has 3 unspecified atom stereocenters. The molecule has 3 aliphatic carbocycles. The maximum absolute atomic E-state index is 13.9. The Hall–Kier alpha value is -1.10. The molecule has 0 amide bonds. The lowest BCUT2D eigenvalue weighted by molar-refractivity contribution is -0.378. The molecule has 0 aromatic rings. The van der Waals surface area contributed by atoms with Crippen molar-refractivity contribution in [1.29, 1.82) is 0 Å². The molecular weight excluding hydrogens is 538 g/mol. The van der Waals surface area contributed by atoms with Crippen LogP contribution in [0, 0.1) is 22.7 Å². The molecule has 10 heteroatoms. The van der Waals surface area contributed by atoms with Gasteiger partial charge in [0.05, 0.1) is 17.8 Å². The first kappa shape index (κ1) is 33.4. The van der Waals surface area contributed by atoms with Crippen LogP contribution in [0.5, 0.6) is 0 Å². The van der Waals surface area contributed by atoms with Gasteiger partial charge in [-0.15, -0.1) is 0 Å². The molecule has 40 heavy (non-hydrogen) atoms. The smallest absolute Gasteiger partial charge is 0.393 e. The quantitative estimate of drug-likeness (QED) is 0.228. The van der Waals surface area contributed by atoms with Crippen LogP contribution in [0.2, 0.25) is 0 Å². The largest absolute Gasteiger partial charge is 0.426 e. The first-order valence-corrected chi connectivity index (χ1v) is 14.4. The fourth-order valence-electron chi connectivity index (χ4n) is 8.17. The summed E-state index contributed by atoms with van der Waals surface area (Å²) in [5.74, 6) is -0.530. The molecule has 0 bridgehead atoms. The van der Waals surface area contributed by atoms with Crippen LogP contribution in [-0.4, -0.2) is 56.2 Å². The van der Waals surface area contributed by atoms with Crippen LogP contribution in [0.25, 0.3) is 0 Å². The van der Waals surface area contributed by atoms with Crippen molar-refractivity contribution in [3.8, 4) is 0 Å². The molecule has 232 valence electrons. The summed E-state index contributed by atoms with van der Waals surface area (Å²) in [5.41, 5.74) is -6.00. The third-order valence-corrected chi connectivity index (χ3v) is 10.0. The zero-order chi connectivity index (χ0) is 30.4. The summed E-state index contributed by atoms with van der Waals surface area (Å²) in [6.07, 6.45) is -5.68. The van der Waals surface area contributed by atoms with Gasteiger partial charge in [-0.2, -0.15) is 26.3 Å². The number of aliphatic hydroxyl groups excluding tert-OH is 2. The molecule has 3 fully saturated rings. The van der Waals surface area contributed by atoms with E-state index in [1.54, 1.807) is 13.8 Å². The van der Waals surface area contributed by atoms with Crippen molar-refractivity contribution in [2.24, 2.45) is 22.7 Å². The Morgan fingerprint density at radius 2 is 1.45 bits per heavy atom. The average Bonchev–Trinajstić information content (AvgIpc) is 3.13. The Morgan fingerprint density at radius 3 is 1.98 bits per heavy atom. The highest BCUT2D eigenvalue weighted by molar-refractivity contribution is 5.27. The van der Waals surface area contributed by atoms with E-state index in [2.05, 4.69) is 0 Å². The van der Waals surface area contributed by atoms with E-state index in [9.17, 15) is 46.8 Å². The zero-order valence-electron chi connectivity index (χ0n) is 24.0. The summed E-state index contributed by atoms with van der Waals surface area (Å²) in [6.45, 7) is 6.53. The lowest BCUT2D eigenvalue weighted by atomic mass is 9.54. The highest BCUT2D eigenvalue weighted by Crippen LogP contribution is 2.65. The Morgan fingerprint density at radius 1 is 0.875 bits per heavy atom. The lowest BCUT2D eigenvalue weighted by Crippen LogP contribution is -2.60. The van der Waals surface area contributed by atoms with E-state index in [0.29, 0.717) is 38.5 Å². The molecule has 4 nitrogen and oxygen atoms in total. The molecule has 3 aliphatic rings. The van der Waals surface area contributed by atoms with E-state index >= 15 is 0 Å². The molecule has 0 heterocycles. The van der Waals surface area contributed by atoms with Gasteiger partial charge in [0.2, 0.25) is 0 Å². The minimum atomic E-state index is -5.89. The third kappa shape index (κ3) is 7.09. The number of aliphatic hydroxyl groups is 4. The van der Waals surface area contributed by atoms with Gasteiger partial charge in [-0.25, -0.2) is 0 Å². The molecule has 6 atom stereocenters. The molecule has 3 saturated carbocycles. The molecule has 0 radical (unpaired) electrons. The van der Waals surface area contributed by atoms with Crippen LogP contribution in [-0.2, 0) is 0 Å². The van der Waals surface area contributed by atoms with Crippen LogP contribution in [0.4, 0.5) is 26.3 Å². The Kier molecular flexibility index (Phi) is 9.63. The number of allylic oxidation sites excluding steroid dienone is 3. The van der Waals surface area contributed by atoms with Gasteiger partial charge in [0.25, 0.3) is 5.60 Å². The van der Waals surface area contributed by atoms with Gasteiger partial charge in [0.1, 0.15) is 0 Å². The summed E-state index contributed by atoms with van der Waals surface area (Å²) in [5, 5.41) is 40.5. The van der Waals surface area contributed by atoms with Crippen LogP contribution in [0.1, 0.15) is 105 Å². The third-order valence-electron chi connectivity index (χ3n) is 10.0. The summed E-state index contributed by atoms with van der Waals surface area (Å²) in [6, 6.07) is 0. The molecule has 0 aromatic carbocycles. The van der Waals surface area contributed by atoms with E-state index < -0.39 is 58.9 Å². The lowest BCUT2D eigenvalue weighted by Gasteiger charge is -2.51. The standard InChI is InChI=1S/C30H46F6O4/c1-25(2,39)12-6-13-26(3,18-28(40,29(31,32)33)30(34,35)36)24-11-10-23-20(7-5-14-27(23,24)4)9-8-19-15-21(37)17-22(38)16-19/h8-9,21-24,37-40H,5-7,10-18H2,1-4H3/b19-8?,20-9+/t21-,22?,23?,24?,26+,27+/m1/s1. The van der Waals surface area contributed by atoms with E-state index in [-0.39, 0.29) is 25.2 Å². The minimum Gasteiger partial charge on any atom is -0.393 e. The Balaban J connectivity index is 1.97. The number of hydrogen-bond acceptors (Lipinski definition) is 4. The molecule has 0 spiro atoms. The van der Waals surface area contributed by atoms with E-state index in [0.717, 1.165) is 24.0 Å². The van der Waals surface area contributed by atoms with Crippen LogP contribution in [0.3, 0.4) is 0 Å². The van der Waals surface area contributed by atoms with Gasteiger partial charge < -0.3 is 20.4 Å². The second kappa shape index (κ2) is 11.5. The second-order valence-corrected chi connectivity index (χ2v) is 13.9. The van der Waals surface area contributed by atoms with Gasteiger partial charge in [0.15, 0.2) is 0 Å². The molecule has 0 saturated heterocycles. The highest BCUT2D eigenvalue weighted by atomic mass is 19.4. The van der Waals surface area contributed by atoms with Gasteiger partial charge in [-0.3, -0.25) is 0 Å². The van der Waals surface area contributed by atoms with Crippen molar-refractivity contribution in [3.05, 3.63) is 23.3 Å². The Bertz CT molecular complexity index is 923. The number of rotatable bonds is 8. The van der Waals surface area contributed by atoms with Crippen molar-refractivity contribution in [1.82, 2.24) is 0 Å². The van der Waals surface area contributed by atoms with Gasteiger partial charge in [0, 0.05) is 0 Å². The zero-order valence-corrected chi connectivity index (χ0v) is 24.0. The topological polar surface area (TPSA) is 80.9 Å². The first-order valence-electron chi connectivity index (χ1n) is 14.4. The van der Waals surface area contributed by atoms with E-state index in [4.69, 9.17) is 0 Å². The molecule has 3 rings (SSSR count). The monoisotopic (exact) mass is 584 g/mol. The fourth-order valence-corrected chi connectivity index (χ4v) is 8.17. The van der Waals surface area contributed by atoms with Crippen molar-refractivity contribution in [3.63, 3.8) is 0 Å². The molecule has 4 N–H and O–H groups in total. The van der Waals surface area contributed by atoms with Gasteiger partial charge in [-0.05, 0) is 107 Å². The number of alkyl halides is 6. The normalized spacial score (nSPS) is 34.2. The molecule has 0 aromatic heterocycles. The Labute approximate surface area is 233 Å². The first-order chi connectivity index (χ1) is 18.1. The maximum Gasteiger partial charge on any atom is 0.426 e. The van der Waals surface area contributed by atoms with Crippen molar-refractivity contribution < 1.29 is 46.8 Å². The van der Waals surface area contributed by atoms with Gasteiger partial charge >= 0.3 is 12.4 Å². The summed E-state index contributed by atoms with van der Waals surface area (Å²) in [7, 11) is 0. The average molecular weight is 585 g/mol. The maximum atomic E-state index is 13.9. The summed E-state index contributed by atoms with van der Waals surface area (Å²) >= 11 is 0. The van der Waals surface area contributed by atoms with Crippen LogP contribution < -0.4 is 0 Å². The second-order valence-electron chi connectivity index (χ2n) is 13.9. The summed E-state index contributed by atoms with van der Waals surface area (Å²) in [4.78, 5) is 0. The molecule has 0 aliphatic heterocycles. The van der Waals surface area contributed by atoms with Crippen LogP contribution >= 0.6 is 0 Å². The fraction of sp³-hybridized carbons (Fsp3) is 0.867. The molecular formula is C30H46F6O4. The van der Waals surface area contributed by atoms with E-state index in [1.807, 2.05) is 19.1 Å². The predicted molar refractivity (Wildman–Crippen MR) is 140 cm³/mol. The van der Waals surface area contributed by atoms with Gasteiger partial charge in [-0.1, -0.05) is 43.6 Å². The minimum absolute atomic E-state index is 0.0112. The van der Waals surface area contributed by atoms with E-state index in [1.165, 1.54) is 6.92 Å². The van der Waals surface area contributed by atoms with Crippen molar-refractivity contribution in [2.45, 2.75) is 141 Å².